The van der Waals surface area contributed by atoms with Crippen molar-refractivity contribution in [3.63, 3.8) is 0 Å². The van der Waals surface area contributed by atoms with Crippen LogP contribution in [0.3, 0.4) is 0 Å². The molecule has 0 aliphatic heterocycles. The van der Waals surface area contributed by atoms with Gasteiger partial charge in [0, 0.05) is 11.9 Å². The van der Waals surface area contributed by atoms with Gasteiger partial charge >= 0.3 is 0 Å². The number of aliphatic hydroxyl groups is 4. The van der Waals surface area contributed by atoms with Crippen LogP contribution in [0.5, 0.6) is 0 Å². The molecule has 0 spiro atoms. The van der Waals surface area contributed by atoms with Crippen molar-refractivity contribution in [3.05, 3.63) is 11.9 Å². The van der Waals surface area contributed by atoms with E-state index in [0.29, 0.717) is 12.1 Å². The minimum absolute atomic E-state index is 0.433. The molecular formula is C12H26N2O5. The molecule has 7 N–H and O–H groups in total. The van der Waals surface area contributed by atoms with Crippen molar-refractivity contribution < 1.29 is 25.2 Å². The van der Waals surface area contributed by atoms with Gasteiger partial charge in [-0.1, -0.05) is 13.3 Å². The van der Waals surface area contributed by atoms with Gasteiger partial charge in [0.2, 0.25) is 0 Å². The first kappa shape index (κ1) is 18.1. The first-order chi connectivity index (χ1) is 8.92. The van der Waals surface area contributed by atoms with E-state index in [1.54, 1.807) is 0 Å². The third-order valence-corrected chi connectivity index (χ3v) is 2.56. The first-order valence-electron chi connectivity index (χ1n) is 6.43. The zero-order valence-electron chi connectivity index (χ0n) is 11.5. The van der Waals surface area contributed by atoms with Gasteiger partial charge in [0.05, 0.1) is 12.7 Å². The summed E-state index contributed by atoms with van der Waals surface area (Å²) < 4.78 is 5.17. The van der Waals surface area contributed by atoms with E-state index >= 15 is 0 Å². The molecule has 3 atom stereocenters. The summed E-state index contributed by atoms with van der Waals surface area (Å²) in [7, 11) is 0. The number of unbranched alkanes of at least 4 members (excludes halogenated alkanes) is 1. The second-order valence-electron chi connectivity index (χ2n) is 4.42. The summed E-state index contributed by atoms with van der Waals surface area (Å²) in [6.45, 7) is 3.04. The predicted octanol–water partition coefficient (Wildman–Crippen LogP) is -1.04. The van der Waals surface area contributed by atoms with Gasteiger partial charge in [0.15, 0.2) is 12.5 Å². The third kappa shape index (κ3) is 8.02. The molecule has 0 saturated heterocycles. The average molecular weight is 278 g/mol. The first-order valence-corrected chi connectivity index (χ1v) is 6.43. The Kier molecular flexibility index (Phi) is 9.54. The van der Waals surface area contributed by atoms with Crippen molar-refractivity contribution >= 4 is 0 Å². The van der Waals surface area contributed by atoms with Crippen LogP contribution in [0.25, 0.3) is 0 Å². The Bertz CT molecular complexity index is 259. The summed E-state index contributed by atoms with van der Waals surface area (Å²) in [5.41, 5.74) is 6.28. The SMILES string of the molecule is CCCC/C(N)=C/NC(OC(CO)C(C)O)C(O)O. The predicted molar refractivity (Wildman–Crippen MR) is 70.6 cm³/mol. The molecule has 0 radical (unpaired) electrons. The molecule has 0 fully saturated rings. The fraction of sp³-hybridized carbons (Fsp3) is 0.833. The van der Waals surface area contributed by atoms with Crippen molar-refractivity contribution in [2.45, 2.75) is 57.8 Å². The van der Waals surface area contributed by atoms with Crippen molar-refractivity contribution in [1.29, 1.82) is 0 Å². The molecule has 7 heteroatoms. The number of ether oxygens (including phenoxy) is 1. The highest BCUT2D eigenvalue weighted by atomic mass is 16.6. The minimum atomic E-state index is -1.80. The number of nitrogens with two attached hydrogens (primary N) is 1. The van der Waals surface area contributed by atoms with Crippen LogP contribution in [0, 0.1) is 0 Å². The van der Waals surface area contributed by atoms with E-state index in [-0.39, 0.29) is 0 Å². The highest BCUT2D eigenvalue weighted by molar-refractivity contribution is 4.95. The maximum atomic E-state index is 9.32. The molecule has 0 aliphatic carbocycles. The zero-order valence-corrected chi connectivity index (χ0v) is 11.5. The normalized spacial score (nSPS) is 17.3. The molecule has 0 aromatic rings. The molecule has 0 aliphatic rings. The van der Waals surface area contributed by atoms with Gasteiger partial charge in [-0.3, -0.25) is 0 Å². The van der Waals surface area contributed by atoms with Gasteiger partial charge in [-0.05, 0) is 19.8 Å². The van der Waals surface area contributed by atoms with E-state index in [4.69, 9.17) is 25.8 Å². The van der Waals surface area contributed by atoms with Crippen molar-refractivity contribution in [1.82, 2.24) is 5.32 Å². The maximum Gasteiger partial charge on any atom is 0.197 e. The maximum absolute atomic E-state index is 9.32. The Hall–Kier alpha value is -0.860. The summed E-state index contributed by atoms with van der Waals surface area (Å²) in [6, 6.07) is 0. The topological polar surface area (TPSA) is 128 Å². The molecule has 0 heterocycles. The van der Waals surface area contributed by atoms with Crippen LogP contribution in [0.4, 0.5) is 0 Å². The van der Waals surface area contributed by atoms with Gasteiger partial charge < -0.3 is 36.2 Å². The second-order valence-corrected chi connectivity index (χ2v) is 4.42. The molecule has 0 rings (SSSR count). The third-order valence-electron chi connectivity index (χ3n) is 2.56. The van der Waals surface area contributed by atoms with Crippen LogP contribution in [0.15, 0.2) is 11.9 Å². The summed E-state index contributed by atoms with van der Waals surface area (Å²) in [4.78, 5) is 0. The van der Waals surface area contributed by atoms with E-state index in [0.717, 1.165) is 12.8 Å². The molecule has 19 heavy (non-hydrogen) atoms. The number of hydrogen-bond donors (Lipinski definition) is 6. The van der Waals surface area contributed by atoms with Crippen molar-refractivity contribution in [3.8, 4) is 0 Å². The Morgan fingerprint density at radius 2 is 2.00 bits per heavy atom. The van der Waals surface area contributed by atoms with E-state index in [2.05, 4.69) is 5.32 Å². The van der Waals surface area contributed by atoms with Crippen LogP contribution in [0.2, 0.25) is 0 Å². The summed E-state index contributed by atoms with van der Waals surface area (Å²) in [5.74, 6) is 0. The Morgan fingerprint density at radius 3 is 2.42 bits per heavy atom. The van der Waals surface area contributed by atoms with Crippen molar-refractivity contribution in [2.75, 3.05) is 6.61 Å². The monoisotopic (exact) mass is 278 g/mol. The summed E-state index contributed by atoms with van der Waals surface area (Å²) in [5, 5.41) is 39.3. The van der Waals surface area contributed by atoms with Crippen LogP contribution in [0.1, 0.15) is 33.1 Å². The number of aliphatic hydroxyl groups excluding tert-OH is 3. The number of hydrogen-bond acceptors (Lipinski definition) is 7. The van der Waals surface area contributed by atoms with E-state index in [1.807, 2.05) is 6.92 Å². The number of allylic oxidation sites excluding steroid dienone is 1. The largest absolute Gasteiger partial charge is 0.401 e. The van der Waals surface area contributed by atoms with Gasteiger partial charge in [-0.25, -0.2) is 0 Å². The Balaban J connectivity index is 4.41. The molecule has 0 bridgehead atoms. The molecule has 0 aromatic heterocycles. The van der Waals surface area contributed by atoms with E-state index in [1.165, 1.54) is 13.1 Å². The molecule has 3 unspecified atom stereocenters. The lowest BCUT2D eigenvalue weighted by Gasteiger charge is -2.26. The van der Waals surface area contributed by atoms with Crippen molar-refractivity contribution in [2.24, 2.45) is 5.73 Å². The van der Waals surface area contributed by atoms with Gasteiger partial charge in [0.25, 0.3) is 0 Å². The van der Waals surface area contributed by atoms with Gasteiger partial charge in [0.1, 0.15) is 6.10 Å². The molecule has 114 valence electrons. The minimum Gasteiger partial charge on any atom is -0.401 e. The van der Waals surface area contributed by atoms with E-state index in [9.17, 15) is 5.11 Å². The standard InChI is InChI=1S/C12H26N2O5/c1-3-4-5-9(13)6-14-11(12(17)18)19-10(7-15)8(2)16/h6,8,10-12,14-18H,3-5,7,13H2,1-2H3/b9-6-. The summed E-state index contributed by atoms with van der Waals surface area (Å²) >= 11 is 0. The lowest BCUT2D eigenvalue weighted by atomic mass is 10.2. The Morgan fingerprint density at radius 1 is 1.37 bits per heavy atom. The second kappa shape index (κ2) is 9.99. The highest BCUT2D eigenvalue weighted by Crippen LogP contribution is 2.05. The van der Waals surface area contributed by atoms with Gasteiger partial charge in [-0.2, -0.15) is 0 Å². The molecule has 0 saturated carbocycles. The summed E-state index contributed by atoms with van der Waals surface area (Å²) in [6.07, 6.45) is -0.752. The molecule has 0 aromatic carbocycles. The van der Waals surface area contributed by atoms with Crippen LogP contribution in [-0.2, 0) is 4.74 Å². The lowest BCUT2D eigenvalue weighted by Crippen LogP contribution is -2.45. The van der Waals surface area contributed by atoms with Crippen LogP contribution in [-0.4, -0.2) is 51.8 Å². The van der Waals surface area contributed by atoms with Gasteiger partial charge in [-0.15, -0.1) is 0 Å². The molecule has 0 amide bonds. The fourth-order valence-corrected chi connectivity index (χ4v) is 1.34. The molecule has 7 nitrogen and oxygen atoms in total. The smallest absolute Gasteiger partial charge is 0.197 e. The average Bonchev–Trinajstić information content (AvgIpc) is 2.35. The lowest BCUT2D eigenvalue weighted by molar-refractivity contribution is -0.192. The highest BCUT2D eigenvalue weighted by Gasteiger charge is 2.23. The zero-order chi connectivity index (χ0) is 14.8. The Labute approximate surface area is 113 Å². The molecular weight excluding hydrogens is 252 g/mol. The van der Waals surface area contributed by atoms with E-state index < -0.39 is 31.3 Å². The fourth-order valence-electron chi connectivity index (χ4n) is 1.34. The quantitative estimate of drug-likeness (QED) is 0.282. The van der Waals surface area contributed by atoms with Crippen LogP contribution < -0.4 is 11.1 Å². The number of nitrogens with one attached hydrogen (secondary N) is 1. The van der Waals surface area contributed by atoms with Crippen LogP contribution >= 0.6 is 0 Å². The number of rotatable bonds is 10.